The predicted octanol–water partition coefficient (Wildman–Crippen LogP) is 5.18. The molecule has 2 heterocycles. The van der Waals surface area contributed by atoms with Crippen LogP contribution in [0.4, 0.5) is 5.69 Å². The summed E-state index contributed by atoms with van der Waals surface area (Å²) in [6.07, 6.45) is 4.68. The first kappa shape index (κ1) is 22.0. The van der Waals surface area contributed by atoms with Crippen LogP contribution < -0.4 is 9.47 Å². The Morgan fingerprint density at radius 1 is 1.03 bits per heavy atom. The Labute approximate surface area is 190 Å². The summed E-state index contributed by atoms with van der Waals surface area (Å²) in [6.45, 7) is 4.27. The van der Waals surface area contributed by atoms with Crippen molar-refractivity contribution in [3.05, 3.63) is 54.1 Å². The number of likely N-dealkylation sites (tertiary alicyclic amines) is 1. The lowest BCUT2D eigenvalue weighted by Gasteiger charge is -2.38. The van der Waals surface area contributed by atoms with E-state index in [2.05, 4.69) is 41.1 Å². The predicted molar refractivity (Wildman–Crippen MR) is 130 cm³/mol. The number of hydrogen-bond acceptors (Lipinski definition) is 6. The van der Waals surface area contributed by atoms with Crippen LogP contribution in [0.25, 0.3) is 0 Å². The summed E-state index contributed by atoms with van der Waals surface area (Å²) >= 11 is 1.87. The van der Waals surface area contributed by atoms with Crippen molar-refractivity contribution in [2.75, 3.05) is 40.4 Å². The van der Waals surface area contributed by atoms with Crippen molar-refractivity contribution >= 4 is 22.6 Å². The van der Waals surface area contributed by atoms with E-state index in [1.54, 1.807) is 7.11 Å². The molecule has 2 aliphatic heterocycles. The van der Waals surface area contributed by atoms with E-state index in [4.69, 9.17) is 14.5 Å². The molecular weight excluding hydrogens is 406 g/mol. The van der Waals surface area contributed by atoms with Crippen LogP contribution in [0, 0.1) is 0 Å². The maximum Gasteiger partial charge on any atom is 0.164 e. The van der Waals surface area contributed by atoms with Crippen molar-refractivity contribution in [1.82, 2.24) is 9.80 Å². The van der Waals surface area contributed by atoms with Crippen molar-refractivity contribution in [1.29, 1.82) is 0 Å². The van der Waals surface area contributed by atoms with Crippen LogP contribution in [0.2, 0.25) is 0 Å². The van der Waals surface area contributed by atoms with E-state index in [1.165, 1.54) is 43.1 Å². The highest BCUT2D eigenvalue weighted by Crippen LogP contribution is 2.32. The van der Waals surface area contributed by atoms with Gasteiger partial charge in [-0.3, -0.25) is 0 Å². The molecule has 0 saturated carbocycles. The lowest BCUT2D eigenvalue weighted by molar-refractivity contribution is 0.162. The van der Waals surface area contributed by atoms with Crippen molar-refractivity contribution in [3.8, 4) is 11.5 Å². The number of nitrogens with zero attached hydrogens (tertiary/aromatic N) is 3. The smallest absolute Gasteiger partial charge is 0.164 e. The summed E-state index contributed by atoms with van der Waals surface area (Å²) in [7, 11) is 3.90. The van der Waals surface area contributed by atoms with Crippen LogP contribution in [0.3, 0.4) is 0 Å². The molecular formula is C25H33N3O2S. The normalized spacial score (nSPS) is 17.0. The molecule has 5 nitrogen and oxygen atoms in total. The summed E-state index contributed by atoms with van der Waals surface area (Å²) in [5, 5.41) is 1.17. The van der Waals surface area contributed by atoms with Gasteiger partial charge in [-0.25, -0.2) is 4.99 Å². The van der Waals surface area contributed by atoms with E-state index >= 15 is 0 Å². The average Bonchev–Trinajstić information content (AvgIpc) is 2.84. The van der Waals surface area contributed by atoms with E-state index in [-0.39, 0.29) is 0 Å². The molecule has 6 heteroatoms. The molecule has 0 aliphatic carbocycles. The van der Waals surface area contributed by atoms with Crippen LogP contribution in [0.15, 0.2) is 53.5 Å². The molecule has 0 spiro atoms. The fourth-order valence-electron chi connectivity index (χ4n) is 4.19. The van der Waals surface area contributed by atoms with Crippen molar-refractivity contribution < 1.29 is 9.47 Å². The number of hydrogen-bond donors (Lipinski definition) is 0. The second-order valence-electron chi connectivity index (χ2n) is 8.23. The minimum absolute atomic E-state index is 0.589. The Balaban J connectivity index is 1.14. The third-order valence-electron chi connectivity index (χ3n) is 6.17. The second-order valence-corrected chi connectivity index (χ2v) is 9.17. The number of benzene rings is 2. The van der Waals surface area contributed by atoms with Gasteiger partial charge in [0.05, 0.1) is 19.4 Å². The van der Waals surface area contributed by atoms with E-state index in [0.29, 0.717) is 6.04 Å². The number of thioether (sulfide) groups is 1. The van der Waals surface area contributed by atoms with E-state index in [9.17, 15) is 0 Å². The monoisotopic (exact) mass is 439 g/mol. The summed E-state index contributed by atoms with van der Waals surface area (Å²) in [4.78, 5) is 9.93. The minimum atomic E-state index is 0.589. The van der Waals surface area contributed by atoms with Gasteiger partial charge in [-0.15, -0.1) is 0 Å². The van der Waals surface area contributed by atoms with E-state index in [0.717, 1.165) is 42.5 Å². The van der Waals surface area contributed by atoms with E-state index in [1.807, 2.05) is 36.0 Å². The number of piperidine rings is 1. The highest BCUT2D eigenvalue weighted by Gasteiger charge is 2.26. The van der Waals surface area contributed by atoms with Crippen LogP contribution in [0.1, 0.15) is 31.2 Å². The molecule has 4 rings (SSSR count). The van der Waals surface area contributed by atoms with Gasteiger partial charge in [-0.05, 0) is 68.1 Å². The summed E-state index contributed by atoms with van der Waals surface area (Å²) in [5.41, 5.74) is 2.48. The van der Waals surface area contributed by atoms with Crippen molar-refractivity contribution in [2.24, 2.45) is 4.99 Å². The number of methoxy groups -OCH3 is 1. The standard InChI is InChI=1S/C25H33N3O2S/c1-27(25-26-24-8-4-3-7-20(24)19-31-25)21-13-16-28(17-14-21)15-5-6-18-30-23-11-9-22(29-2)10-12-23/h3-4,7-12,21H,5-6,13-19H2,1-2H3. The summed E-state index contributed by atoms with van der Waals surface area (Å²) in [6, 6.07) is 16.9. The Morgan fingerprint density at radius 2 is 1.77 bits per heavy atom. The third kappa shape index (κ3) is 5.95. The van der Waals surface area contributed by atoms with Gasteiger partial charge in [-0.1, -0.05) is 30.0 Å². The average molecular weight is 440 g/mol. The Bertz CT molecular complexity index is 863. The third-order valence-corrected chi connectivity index (χ3v) is 7.26. The largest absolute Gasteiger partial charge is 0.497 e. The van der Waals surface area contributed by atoms with Gasteiger partial charge in [-0.2, -0.15) is 0 Å². The van der Waals surface area contributed by atoms with Crippen LogP contribution >= 0.6 is 11.8 Å². The van der Waals surface area contributed by atoms with Crippen molar-refractivity contribution in [2.45, 2.75) is 37.5 Å². The Kier molecular flexibility index (Phi) is 7.76. The summed E-state index contributed by atoms with van der Waals surface area (Å²) < 4.78 is 11.0. The molecule has 1 saturated heterocycles. The van der Waals surface area contributed by atoms with Gasteiger partial charge >= 0.3 is 0 Å². The molecule has 0 N–H and O–H groups in total. The van der Waals surface area contributed by atoms with Gasteiger partial charge < -0.3 is 19.3 Å². The number of para-hydroxylation sites is 1. The lowest BCUT2D eigenvalue weighted by atomic mass is 10.0. The molecule has 0 atom stereocenters. The molecule has 1 fully saturated rings. The maximum atomic E-state index is 5.84. The first-order valence-electron chi connectivity index (χ1n) is 11.2. The zero-order valence-electron chi connectivity index (χ0n) is 18.6. The maximum absolute atomic E-state index is 5.84. The highest BCUT2D eigenvalue weighted by atomic mass is 32.2. The fourth-order valence-corrected chi connectivity index (χ4v) is 5.23. The molecule has 2 aliphatic rings. The van der Waals surface area contributed by atoms with Crippen LogP contribution in [-0.2, 0) is 5.75 Å². The Morgan fingerprint density at radius 3 is 2.55 bits per heavy atom. The fraction of sp³-hybridized carbons (Fsp3) is 0.480. The quantitative estimate of drug-likeness (QED) is 0.530. The molecule has 2 aromatic rings. The molecule has 2 aromatic carbocycles. The first-order valence-corrected chi connectivity index (χ1v) is 12.2. The lowest BCUT2D eigenvalue weighted by Crippen LogP contribution is -2.45. The SMILES string of the molecule is COc1ccc(OCCCCN2CCC(N(C)C3=Nc4ccccc4CS3)CC2)cc1. The molecule has 0 unspecified atom stereocenters. The number of unbranched alkanes of at least 4 members (excludes halogenated alkanes) is 1. The number of fused-ring (bicyclic) bond motifs is 1. The molecule has 0 bridgehead atoms. The summed E-state index contributed by atoms with van der Waals surface area (Å²) in [5.74, 6) is 2.80. The minimum Gasteiger partial charge on any atom is -0.497 e. The van der Waals surface area contributed by atoms with Gasteiger partial charge in [0.25, 0.3) is 0 Å². The second kappa shape index (κ2) is 10.9. The number of amidine groups is 1. The van der Waals surface area contributed by atoms with Gasteiger partial charge in [0.2, 0.25) is 0 Å². The topological polar surface area (TPSA) is 37.3 Å². The van der Waals surface area contributed by atoms with Crippen LogP contribution in [-0.4, -0.2) is 61.4 Å². The highest BCUT2D eigenvalue weighted by molar-refractivity contribution is 8.13. The van der Waals surface area contributed by atoms with Gasteiger partial charge in [0, 0.05) is 31.9 Å². The number of aliphatic imine (C=N–C) groups is 1. The van der Waals surface area contributed by atoms with E-state index < -0.39 is 0 Å². The molecule has 166 valence electrons. The van der Waals surface area contributed by atoms with Crippen molar-refractivity contribution in [3.63, 3.8) is 0 Å². The first-order chi connectivity index (χ1) is 15.2. The van der Waals surface area contributed by atoms with Gasteiger partial charge in [0.1, 0.15) is 11.5 Å². The molecule has 31 heavy (non-hydrogen) atoms. The molecule has 0 aromatic heterocycles. The molecule has 0 radical (unpaired) electrons. The Hall–Kier alpha value is -2.18. The number of rotatable bonds is 8. The van der Waals surface area contributed by atoms with Gasteiger partial charge in [0.15, 0.2) is 5.17 Å². The van der Waals surface area contributed by atoms with Crippen LogP contribution in [0.5, 0.6) is 11.5 Å². The zero-order chi connectivity index (χ0) is 21.5. The zero-order valence-corrected chi connectivity index (χ0v) is 19.4. The molecule has 0 amide bonds. The number of ether oxygens (including phenoxy) is 2.